The van der Waals surface area contributed by atoms with E-state index in [4.69, 9.17) is 9.47 Å². The van der Waals surface area contributed by atoms with E-state index in [1.807, 2.05) is 47.9 Å². The third-order valence-electron chi connectivity index (χ3n) is 4.25. The molecule has 0 radical (unpaired) electrons. The maximum absolute atomic E-state index is 12.9. The molecule has 0 saturated carbocycles. The topological polar surface area (TPSA) is 52.8 Å². The predicted molar refractivity (Wildman–Crippen MR) is 109 cm³/mol. The lowest BCUT2D eigenvalue weighted by atomic mass is 10.1. The minimum atomic E-state index is -0.783. The zero-order valence-electron chi connectivity index (χ0n) is 14.6. The number of carbonyl (C=O) groups is 1. The average molecular weight is 445 g/mol. The first-order valence-electron chi connectivity index (χ1n) is 8.47. The number of carbonyl (C=O) groups excluding carboxylic acids is 1. The monoisotopic (exact) mass is 444 g/mol. The summed E-state index contributed by atoms with van der Waals surface area (Å²) in [7, 11) is 0. The maximum atomic E-state index is 12.9. The Balaban J connectivity index is 1.74. The lowest BCUT2D eigenvalue weighted by molar-refractivity contribution is -0.130. The van der Waals surface area contributed by atoms with Gasteiger partial charge in [0.05, 0.1) is 10.2 Å². The summed E-state index contributed by atoms with van der Waals surface area (Å²) in [5.41, 5.74) is 1.01. The van der Waals surface area contributed by atoms with Crippen molar-refractivity contribution in [3.8, 4) is 11.5 Å². The molecule has 5 nitrogen and oxygen atoms in total. The van der Waals surface area contributed by atoms with E-state index in [1.165, 1.54) is 11.3 Å². The van der Waals surface area contributed by atoms with Gasteiger partial charge >= 0.3 is 0 Å². The van der Waals surface area contributed by atoms with Gasteiger partial charge in [0.25, 0.3) is 5.91 Å². The van der Waals surface area contributed by atoms with Gasteiger partial charge in [-0.3, -0.25) is 4.79 Å². The summed E-state index contributed by atoms with van der Waals surface area (Å²) in [4.78, 5) is 17.9. The van der Waals surface area contributed by atoms with E-state index in [9.17, 15) is 4.79 Å². The molecule has 138 valence electrons. The fourth-order valence-electron chi connectivity index (χ4n) is 2.99. The van der Waals surface area contributed by atoms with Crippen LogP contribution < -0.4 is 14.3 Å². The molecule has 0 bridgehead atoms. The van der Waals surface area contributed by atoms with Crippen molar-refractivity contribution in [1.82, 2.24) is 4.57 Å². The second kappa shape index (κ2) is 7.32. The van der Waals surface area contributed by atoms with Crippen LogP contribution in [0, 0.1) is 0 Å². The number of para-hydroxylation sites is 2. The van der Waals surface area contributed by atoms with Crippen LogP contribution in [-0.2, 0) is 11.3 Å². The molecule has 2 aromatic carbocycles. The van der Waals surface area contributed by atoms with E-state index < -0.39 is 12.2 Å². The van der Waals surface area contributed by atoms with Crippen molar-refractivity contribution in [3.63, 3.8) is 0 Å². The summed E-state index contributed by atoms with van der Waals surface area (Å²) in [5, 5.41) is 0. The lowest BCUT2D eigenvalue weighted by Crippen LogP contribution is -2.43. The number of amides is 1. The lowest BCUT2D eigenvalue weighted by Gasteiger charge is -2.29. The first-order valence-corrected chi connectivity index (χ1v) is 10.1. The highest BCUT2D eigenvalue weighted by molar-refractivity contribution is 9.10. The fraction of sp³-hybridized carbons (Fsp3) is 0.200. The summed E-state index contributed by atoms with van der Waals surface area (Å²) in [6, 6.07) is 13.3. The molecule has 1 aliphatic rings. The van der Waals surface area contributed by atoms with E-state index in [-0.39, 0.29) is 5.91 Å². The minimum Gasteiger partial charge on any atom is -0.482 e. The number of rotatable bonds is 3. The number of allylic oxidation sites excluding steroid dienone is 1. The third-order valence-corrected chi connectivity index (χ3v) is 5.78. The van der Waals surface area contributed by atoms with Gasteiger partial charge in [-0.1, -0.05) is 45.5 Å². The Bertz CT molecular complexity index is 1100. The van der Waals surface area contributed by atoms with Crippen molar-refractivity contribution in [3.05, 3.63) is 64.4 Å². The van der Waals surface area contributed by atoms with Crippen molar-refractivity contribution in [1.29, 1.82) is 0 Å². The second-order valence-corrected chi connectivity index (χ2v) is 8.08. The van der Waals surface area contributed by atoms with Crippen LogP contribution in [0.3, 0.4) is 0 Å². The van der Waals surface area contributed by atoms with Gasteiger partial charge < -0.3 is 14.0 Å². The van der Waals surface area contributed by atoms with Gasteiger partial charge in [0.2, 0.25) is 6.10 Å². The van der Waals surface area contributed by atoms with Crippen molar-refractivity contribution >= 4 is 43.4 Å². The molecule has 0 spiro atoms. The van der Waals surface area contributed by atoms with E-state index in [0.717, 1.165) is 14.7 Å². The number of benzene rings is 2. The molecule has 4 rings (SSSR count). The predicted octanol–water partition coefficient (Wildman–Crippen LogP) is 4.31. The first kappa shape index (κ1) is 18.0. The molecular formula is C20H17BrN2O3S. The smallest absolute Gasteiger partial charge is 0.293 e. The minimum absolute atomic E-state index is 0.361. The highest BCUT2D eigenvalue weighted by Crippen LogP contribution is 2.33. The van der Waals surface area contributed by atoms with Crippen molar-refractivity contribution in [2.24, 2.45) is 4.99 Å². The zero-order chi connectivity index (χ0) is 19.0. The summed E-state index contributed by atoms with van der Waals surface area (Å²) in [5.74, 6) is 0.839. The molecule has 2 heterocycles. The van der Waals surface area contributed by atoms with E-state index in [1.54, 1.807) is 12.1 Å². The molecule has 1 aliphatic heterocycles. The van der Waals surface area contributed by atoms with Crippen LogP contribution >= 0.6 is 27.3 Å². The first-order chi connectivity index (χ1) is 13.1. The molecular weight excluding hydrogens is 428 g/mol. The SMILES string of the molecule is C=CCn1c(=NC(=O)C2Oc3ccccc3OC2C)sc2cc(Br)ccc21. The molecule has 2 atom stereocenters. The Morgan fingerprint density at radius 3 is 2.78 bits per heavy atom. The number of aromatic nitrogens is 1. The van der Waals surface area contributed by atoms with Crippen LogP contribution in [0.1, 0.15) is 6.92 Å². The molecule has 7 heteroatoms. The van der Waals surface area contributed by atoms with Gasteiger partial charge in [0, 0.05) is 11.0 Å². The Labute approximate surface area is 168 Å². The molecule has 1 aromatic heterocycles. The van der Waals surface area contributed by atoms with E-state index >= 15 is 0 Å². The Morgan fingerprint density at radius 1 is 1.30 bits per heavy atom. The molecule has 0 saturated heterocycles. The van der Waals surface area contributed by atoms with Crippen LogP contribution in [0.25, 0.3) is 10.2 Å². The molecule has 27 heavy (non-hydrogen) atoms. The molecule has 3 aromatic rings. The highest BCUT2D eigenvalue weighted by atomic mass is 79.9. The Kier molecular flexibility index (Phi) is 4.88. The van der Waals surface area contributed by atoms with E-state index in [2.05, 4.69) is 27.5 Å². The van der Waals surface area contributed by atoms with Crippen LogP contribution in [-0.4, -0.2) is 22.7 Å². The van der Waals surface area contributed by atoms with Crippen LogP contribution in [0.5, 0.6) is 11.5 Å². The van der Waals surface area contributed by atoms with Gasteiger partial charge in [-0.25, -0.2) is 0 Å². The number of hydrogen-bond donors (Lipinski definition) is 0. The molecule has 1 amide bonds. The van der Waals surface area contributed by atoms with Crippen LogP contribution in [0.2, 0.25) is 0 Å². The van der Waals surface area contributed by atoms with Crippen molar-refractivity contribution < 1.29 is 14.3 Å². The van der Waals surface area contributed by atoms with Gasteiger partial charge in [-0.15, -0.1) is 6.58 Å². The fourth-order valence-corrected chi connectivity index (χ4v) is 4.58. The molecule has 2 unspecified atom stereocenters. The number of hydrogen-bond acceptors (Lipinski definition) is 4. The number of fused-ring (bicyclic) bond motifs is 2. The van der Waals surface area contributed by atoms with Crippen LogP contribution in [0.4, 0.5) is 0 Å². The normalized spacial score (nSPS) is 19.3. The largest absolute Gasteiger partial charge is 0.482 e. The number of halogens is 1. The summed E-state index contributed by atoms with van der Waals surface area (Å²) < 4.78 is 15.7. The third kappa shape index (κ3) is 3.44. The van der Waals surface area contributed by atoms with Gasteiger partial charge in [0.15, 0.2) is 16.3 Å². The summed E-state index contributed by atoms with van der Waals surface area (Å²) in [6.45, 7) is 6.19. The second-order valence-electron chi connectivity index (χ2n) is 6.15. The standard InChI is InChI=1S/C20H17BrN2O3S/c1-3-10-23-14-9-8-13(21)11-17(14)27-20(23)22-19(24)18-12(2)25-15-6-4-5-7-16(15)26-18/h3-9,11-12,18H,1,10H2,2H3. The number of thiazole rings is 1. The van der Waals surface area contributed by atoms with E-state index in [0.29, 0.717) is 22.8 Å². The van der Waals surface area contributed by atoms with Gasteiger partial charge in [0.1, 0.15) is 6.10 Å². The molecule has 0 fully saturated rings. The summed E-state index contributed by atoms with van der Waals surface area (Å²) >= 11 is 4.94. The number of ether oxygens (including phenoxy) is 2. The Morgan fingerprint density at radius 2 is 2.04 bits per heavy atom. The van der Waals surface area contributed by atoms with Crippen LogP contribution in [0.15, 0.2) is 64.6 Å². The maximum Gasteiger partial charge on any atom is 0.293 e. The summed E-state index contributed by atoms with van der Waals surface area (Å²) in [6.07, 6.45) is 0.582. The molecule has 0 N–H and O–H groups in total. The van der Waals surface area contributed by atoms with Gasteiger partial charge in [-0.2, -0.15) is 4.99 Å². The average Bonchev–Trinajstić information content (AvgIpc) is 2.97. The highest BCUT2D eigenvalue weighted by Gasteiger charge is 2.34. The quantitative estimate of drug-likeness (QED) is 0.565. The van der Waals surface area contributed by atoms with Crippen molar-refractivity contribution in [2.75, 3.05) is 0 Å². The van der Waals surface area contributed by atoms with Crippen molar-refractivity contribution in [2.45, 2.75) is 25.7 Å². The molecule has 0 aliphatic carbocycles. The number of nitrogens with zero attached hydrogens (tertiary/aromatic N) is 2. The zero-order valence-corrected chi connectivity index (χ0v) is 17.0. The van der Waals surface area contributed by atoms with Gasteiger partial charge in [-0.05, 0) is 37.3 Å². The Hall–Kier alpha value is -2.38.